The van der Waals surface area contributed by atoms with Gasteiger partial charge in [-0.25, -0.2) is 0 Å². The molecule has 8 rings (SSSR count). The fourth-order valence-electron chi connectivity index (χ4n) is 15.9. The number of aromatic nitrogens is 2. The molecule has 3 saturated heterocycles. The normalized spacial score (nSPS) is 25.4. The van der Waals surface area contributed by atoms with Gasteiger partial charge in [0.1, 0.15) is 89.8 Å². The molecular formula is C87H125N21O19S. The van der Waals surface area contributed by atoms with Gasteiger partial charge in [-0.05, 0) is 113 Å². The smallest absolute Gasteiger partial charge is 0.246 e. The zero-order valence-corrected chi connectivity index (χ0v) is 74.9. The third kappa shape index (κ3) is 27.2. The summed E-state index contributed by atoms with van der Waals surface area (Å²) < 4.78 is 0. The Balaban J connectivity index is 1.17. The highest BCUT2D eigenvalue weighted by Gasteiger charge is 2.47. The molecule has 41 heteroatoms. The largest absolute Gasteiger partial charge is 0.508 e. The molecule has 3 aromatic carbocycles. The molecule has 0 spiro atoms. The first-order valence-electron chi connectivity index (χ1n) is 43.2. The maximum Gasteiger partial charge on any atom is 0.246 e. The van der Waals surface area contributed by atoms with Gasteiger partial charge >= 0.3 is 0 Å². The van der Waals surface area contributed by atoms with Crippen LogP contribution in [0.4, 0.5) is 0 Å². The van der Waals surface area contributed by atoms with Crippen LogP contribution in [0, 0.1) is 5.92 Å². The van der Waals surface area contributed by atoms with Crippen molar-refractivity contribution in [1.82, 2.24) is 87.6 Å². The molecule has 17 amide bonds. The number of unbranched alkanes of at least 4 members (excludes halogenated alkanes) is 2. The fraction of sp³-hybridized carbons (Fsp3) is 0.552. The summed E-state index contributed by atoms with van der Waals surface area (Å²) >= 11 is 0.787. The number of hydrogen-bond donors (Lipinski definition) is 18. The molecule has 128 heavy (non-hydrogen) atoms. The number of rotatable bonds is 22. The number of amides is 17. The van der Waals surface area contributed by atoms with Crippen molar-refractivity contribution in [3.8, 4) is 5.75 Å². The Bertz CT molecular complexity index is 4830. The first-order valence-corrected chi connectivity index (χ1v) is 44.4. The minimum atomic E-state index is -1.91. The number of primary amides is 2. The van der Waals surface area contributed by atoms with Crippen molar-refractivity contribution in [3.05, 3.63) is 102 Å². The van der Waals surface area contributed by atoms with Crippen molar-refractivity contribution >= 4 is 134 Å². The lowest BCUT2D eigenvalue weighted by Gasteiger charge is -2.37. The van der Waals surface area contributed by atoms with Crippen molar-refractivity contribution in [1.29, 1.82) is 0 Å². The van der Waals surface area contributed by atoms with Crippen molar-refractivity contribution in [2.75, 3.05) is 65.4 Å². The molecule has 40 nitrogen and oxygen atoms in total. The number of phenolic OH excluding ortho intramolecular Hbond substituents is 1. The van der Waals surface area contributed by atoms with Gasteiger partial charge in [0.25, 0.3) is 0 Å². The first kappa shape index (κ1) is 101. The second-order valence-electron chi connectivity index (χ2n) is 33.9. The minimum absolute atomic E-state index is 0.00407. The monoisotopic (exact) mass is 1800 g/mol. The van der Waals surface area contributed by atoms with Crippen LogP contribution in [-0.2, 0) is 101 Å². The van der Waals surface area contributed by atoms with Crippen molar-refractivity contribution in [3.63, 3.8) is 0 Å². The molecule has 3 fully saturated rings. The summed E-state index contributed by atoms with van der Waals surface area (Å²) in [6, 6.07) is 0.428. The highest BCUT2D eigenvalue weighted by molar-refractivity contribution is 8.00. The summed E-state index contributed by atoms with van der Waals surface area (Å²) in [5, 5.41) is 49.4. The van der Waals surface area contributed by atoms with E-state index in [4.69, 9.17) is 22.9 Å². The Morgan fingerprint density at radius 1 is 0.562 bits per heavy atom. The number of aliphatic hydroxyl groups is 1. The Morgan fingerprint density at radius 2 is 1.09 bits per heavy atom. The average molecular weight is 1800 g/mol. The molecule has 0 radical (unpaired) electrons. The maximum absolute atomic E-state index is 15.7. The number of aromatic amines is 2. The number of nitrogens with two attached hydrogens (primary N) is 4. The SMILES string of the molecule is CCCC[C@H]1C(=O)N(C)[C@@H](CCCC)C(=O)NC(C)(C)C(=O)N[C@H](C(=O)NCC(N)=O)CSCC(=O)N[C@@H](Cc2ccc(O)cc2)C(=O)N(C)[C@@H](C)C(=O)N[C@@H](CC(N)=O)C(=O)N2CCC[C@H]2C(=O)N[C@@H](CN)C(=O)N[C@@H](CC(C)C)C(=O)N2C[C@H](O)C[C@H]2C(=O)N[C@@H](Cc2c[nH]c3ccccc23)C(=O)N[C@@H](CCN)C(=O)N[C@@H](Cc2c[nH]c3ccccc23)C(=O)N1C. The summed E-state index contributed by atoms with van der Waals surface area (Å²) in [4.78, 5) is 260. The van der Waals surface area contributed by atoms with Crippen molar-refractivity contribution < 1.29 is 91.7 Å². The number of carbonyl (C=O) groups excluding carboxylic acids is 17. The van der Waals surface area contributed by atoms with Crippen LogP contribution in [0.25, 0.3) is 21.8 Å². The number of nitrogens with zero attached hydrogens (tertiary/aromatic N) is 5. The lowest BCUT2D eigenvalue weighted by Crippen LogP contribution is -2.63. The number of thioether (sulfide) groups is 1. The van der Waals surface area contributed by atoms with Gasteiger partial charge in [-0.2, -0.15) is 0 Å². The first-order chi connectivity index (χ1) is 60.7. The Morgan fingerprint density at radius 3 is 1.68 bits per heavy atom. The van der Waals surface area contributed by atoms with E-state index in [2.05, 4.69) is 63.1 Å². The van der Waals surface area contributed by atoms with E-state index in [1.807, 2.05) is 19.9 Å². The molecule has 698 valence electrons. The van der Waals surface area contributed by atoms with E-state index in [1.54, 1.807) is 68.7 Å². The van der Waals surface area contributed by atoms with Gasteiger partial charge in [0, 0.05) is 106 Å². The quantitative estimate of drug-likeness (QED) is 0.0342. The maximum atomic E-state index is 15.7. The Kier molecular flexibility index (Phi) is 37.1. The standard InChI is InChI=1S/C87H125N21O19S/c1-11-13-24-66-80(121)103-87(6,7)86(127)102-65(74(115)94-43-71(91)112)45-128-46-72(113)95-61(35-49-27-29-52(109)30-28-49)81(122)104(8)48(5)73(114)98-63(39-70(90)111)83(124)107-33-19-26-67(107)78(119)101-64(40-89)77(118)99-60(34-47(3)4)84(125)108-44-53(110)38-69(108)79(120)97-59(36-50-41-92-56-22-17-15-20-54(50)56)76(117)96-58(31-32-88)75(116)100-62(37-51-42-93-57-23-18-16-21-55(51)57)82(123)106(10)68(25-14-12-2)85(126)105(66)9/h15-18,20-23,27-30,41-42,47-48,53,58-69,92-93,109-110H,11-14,19,24-26,31-40,43-46,88-89H2,1-10H3,(H2,90,111)(H2,91,112)(H,94,115)(H,95,113)(H,96,117)(H,97,120)(H,98,114)(H,99,118)(H,100,116)(H,101,119)(H,102,127)(H,103,121)/t48-,53+,58-,59-,60-,61-,62-,63-,64-,65-,66-,67-,68-,69-/m0/s1. The zero-order chi connectivity index (χ0) is 94.1. The Hall–Kier alpha value is -12.2. The third-order valence-electron chi connectivity index (χ3n) is 23.2. The van der Waals surface area contributed by atoms with Crippen LogP contribution in [0.3, 0.4) is 0 Å². The third-order valence-corrected chi connectivity index (χ3v) is 24.3. The molecule has 14 atom stereocenters. The molecule has 2 aromatic heterocycles. The molecule has 3 aliphatic heterocycles. The molecule has 5 aromatic rings. The molecule has 0 bridgehead atoms. The predicted octanol–water partition coefficient (Wildman–Crippen LogP) is -2.43. The highest BCUT2D eigenvalue weighted by atomic mass is 32.2. The van der Waals surface area contributed by atoms with Crippen molar-refractivity contribution in [2.45, 2.75) is 235 Å². The van der Waals surface area contributed by atoms with Gasteiger partial charge in [0.2, 0.25) is 100 Å². The summed E-state index contributed by atoms with van der Waals surface area (Å²) in [5.74, 6) is -16.8. The lowest BCUT2D eigenvalue weighted by molar-refractivity contribution is -0.150. The number of aliphatic hydroxyl groups excluding tert-OH is 1. The molecule has 5 heterocycles. The Labute approximate surface area is 746 Å². The van der Waals surface area contributed by atoms with Crippen LogP contribution in [0.5, 0.6) is 5.75 Å². The topological polar surface area (TPSA) is 603 Å². The molecule has 0 unspecified atom stereocenters. The molecule has 0 aliphatic carbocycles. The van der Waals surface area contributed by atoms with Gasteiger partial charge in [-0.3, -0.25) is 81.5 Å². The van der Waals surface area contributed by atoms with E-state index in [0.29, 0.717) is 64.2 Å². The highest BCUT2D eigenvalue weighted by Crippen LogP contribution is 2.28. The van der Waals surface area contributed by atoms with E-state index in [9.17, 15) is 58.2 Å². The number of nitrogens with one attached hydrogen (secondary N) is 12. The van der Waals surface area contributed by atoms with Gasteiger partial charge < -0.3 is 121 Å². The number of benzene rings is 3. The molecular weight excluding hydrogens is 1680 g/mol. The van der Waals surface area contributed by atoms with Crippen LogP contribution in [0.15, 0.2) is 85.2 Å². The summed E-state index contributed by atoms with van der Waals surface area (Å²) in [5.41, 5.74) is 24.4. The number of phenols is 1. The fourth-order valence-corrected chi connectivity index (χ4v) is 16.7. The summed E-state index contributed by atoms with van der Waals surface area (Å²) in [6.45, 7) is 9.13. The van der Waals surface area contributed by atoms with Gasteiger partial charge in [-0.1, -0.05) is 102 Å². The average Bonchev–Trinajstić information content (AvgIpc) is 1.49. The number of aromatic hydroxyl groups is 1. The van der Waals surface area contributed by atoms with Crippen LogP contribution < -0.4 is 76.1 Å². The molecule has 3 aliphatic rings. The number of para-hydroxylation sites is 2. The van der Waals surface area contributed by atoms with E-state index >= 15 is 33.6 Å². The molecule has 22 N–H and O–H groups in total. The number of H-pyrrole nitrogens is 2. The number of carbonyl (C=O) groups is 17. The summed E-state index contributed by atoms with van der Waals surface area (Å²) in [6.07, 6.45) is 1.85. The van der Waals surface area contributed by atoms with E-state index < -0.39 is 228 Å². The minimum Gasteiger partial charge on any atom is -0.508 e. The van der Waals surface area contributed by atoms with E-state index in [1.165, 1.54) is 76.0 Å². The zero-order valence-electron chi connectivity index (χ0n) is 74.1. The molecule has 0 saturated carbocycles. The van der Waals surface area contributed by atoms with E-state index in [-0.39, 0.29) is 89.0 Å². The number of hydrogen-bond acceptors (Lipinski definition) is 22. The second kappa shape index (κ2) is 47.0. The van der Waals surface area contributed by atoms with E-state index in [0.717, 1.165) is 26.5 Å². The predicted molar refractivity (Wildman–Crippen MR) is 474 cm³/mol. The number of fused-ring (bicyclic) bond motifs is 4. The van der Waals surface area contributed by atoms with Gasteiger partial charge in [0.15, 0.2) is 0 Å². The second-order valence-corrected chi connectivity index (χ2v) is 34.9. The lowest BCUT2D eigenvalue weighted by atomic mass is 9.99. The number of likely N-dealkylation sites (N-methyl/N-ethyl adjacent to an activating group) is 3. The summed E-state index contributed by atoms with van der Waals surface area (Å²) in [7, 11) is 3.98. The van der Waals surface area contributed by atoms with Crippen LogP contribution >= 0.6 is 11.8 Å². The van der Waals surface area contributed by atoms with Gasteiger partial charge in [-0.15, -0.1) is 11.8 Å². The van der Waals surface area contributed by atoms with Gasteiger partial charge in [0.05, 0.1) is 24.8 Å². The van der Waals surface area contributed by atoms with Crippen LogP contribution in [-0.4, -0.2) is 301 Å². The van der Waals surface area contributed by atoms with Crippen molar-refractivity contribution in [2.24, 2.45) is 28.9 Å². The van der Waals surface area contributed by atoms with Crippen LogP contribution in [0.1, 0.15) is 142 Å². The van der Waals surface area contributed by atoms with Crippen LogP contribution in [0.2, 0.25) is 0 Å².